The molecule has 0 aromatic carbocycles. The topological polar surface area (TPSA) is 78.9 Å². The quantitative estimate of drug-likeness (QED) is 0.0261. The second kappa shape index (κ2) is 70.6. The molecule has 0 saturated carbocycles. The van der Waals surface area contributed by atoms with Crippen LogP contribution in [0, 0.1) is 0 Å². The van der Waals surface area contributed by atoms with E-state index < -0.39 is 6.10 Å². The van der Waals surface area contributed by atoms with E-state index in [9.17, 15) is 14.4 Å². The molecule has 0 aliphatic heterocycles. The van der Waals surface area contributed by atoms with Crippen LogP contribution in [-0.4, -0.2) is 37.2 Å². The zero-order chi connectivity index (χ0) is 59.9. The summed E-state index contributed by atoms with van der Waals surface area (Å²) in [7, 11) is 0. The van der Waals surface area contributed by atoms with Crippen molar-refractivity contribution in [1.29, 1.82) is 0 Å². The summed E-state index contributed by atoms with van der Waals surface area (Å²) >= 11 is 0. The summed E-state index contributed by atoms with van der Waals surface area (Å²) < 4.78 is 17.0. The number of carbonyl (C=O) groups excluding carboxylic acids is 3. The van der Waals surface area contributed by atoms with Gasteiger partial charge < -0.3 is 14.2 Å². The molecule has 0 bridgehead atoms. The molecule has 1 unspecified atom stereocenters. The lowest BCUT2D eigenvalue weighted by atomic mass is 10.0. The van der Waals surface area contributed by atoms with Crippen molar-refractivity contribution in [2.45, 2.75) is 348 Å². The van der Waals surface area contributed by atoms with Crippen LogP contribution in [-0.2, 0) is 28.6 Å². The summed E-state index contributed by atoms with van der Waals surface area (Å²) in [5.74, 6) is -0.892. The molecule has 0 aliphatic carbocycles. The third-order valence-corrected chi connectivity index (χ3v) is 15.3. The molecule has 0 fully saturated rings. The lowest BCUT2D eigenvalue weighted by Gasteiger charge is -2.18. The maximum Gasteiger partial charge on any atom is 0.306 e. The van der Waals surface area contributed by atoms with Crippen molar-refractivity contribution in [2.75, 3.05) is 13.2 Å². The van der Waals surface area contributed by atoms with Crippen LogP contribution in [0.4, 0.5) is 0 Å². The van der Waals surface area contributed by atoms with Crippen LogP contribution < -0.4 is 0 Å². The lowest BCUT2D eigenvalue weighted by Crippen LogP contribution is -2.30. The van der Waals surface area contributed by atoms with Crippen LogP contribution >= 0.6 is 0 Å². The first kappa shape index (κ1) is 79.1. The van der Waals surface area contributed by atoms with Crippen LogP contribution in [0.25, 0.3) is 0 Å². The fraction of sp³-hybridized carbons (Fsp3) is 0.727. The highest BCUT2D eigenvalue weighted by molar-refractivity contribution is 5.71. The van der Waals surface area contributed by atoms with Gasteiger partial charge in [0.15, 0.2) is 6.10 Å². The zero-order valence-electron chi connectivity index (χ0n) is 54.7. The van der Waals surface area contributed by atoms with E-state index in [-0.39, 0.29) is 31.1 Å². The lowest BCUT2D eigenvalue weighted by molar-refractivity contribution is -0.167. The van der Waals surface area contributed by atoms with E-state index in [1.165, 1.54) is 173 Å². The predicted octanol–water partition coefficient (Wildman–Crippen LogP) is 24.6. The molecule has 0 aromatic heterocycles. The Labute approximate surface area is 514 Å². The molecular weight excluding hydrogens is 1020 g/mol. The van der Waals surface area contributed by atoms with E-state index in [1.54, 1.807) is 0 Å². The molecule has 0 N–H and O–H groups in total. The molecule has 6 nitrogen and oxygen atoms in total. The monoisotopic (exact) mass is 1150 g/mol. The molecule has 83 heavy (non-hydrogen) atoms. The second-order valence-corrected chi connectivity index (χ2v) is 23.4. The Hall–Kier alpha value is -3.93. The second-order valence-electron chi connectivity index (χ2n) is 23.4. The molecule has 476 valence electrons. The van der Waals surface area contributed by atoms with Gasteiger partial charge in [0.25, 0.3) is 0 Å². The molecule has 0 aromatic rings. The third kappa shape index (κ3) is 68.7. The van der Waals surface area contributed by atoms with E-state index in [0.29, 0.717) is 19.3 Å². The number of allylic oxidation sites excluding steroid dienone is 18. The van der Waals surface area contributed by atoms with Crippen molar-refractivity contribution >= 4 is 17.9 Å². The molecule has 0 spiro atoms. The SMILES string of the molecule is CC/C=C\C/C=C\C/C=C\C/C=C\C/C=C\CCCCCCCCCCCCCCCC(=O)OCC(COC(=O)CCCCCC/C=C\C/C=C\C/C=C\C/C=C\CC)OC(=O)CCCCCCCCCCCCCCCCCCCCC. The minimum atomic E-state index is -0.790. The molecule has 0 rings (SSSR count). The average molecular weight is 1150 g/mol. The van der Waals surface area contributed by atoms with Crippen LogP contribution in [0.2, 0.25) is 0 Å². The molecule has 0 saturated heterocycles. The highest BCUT2D eigenvalue weighted by Gasteiger charge is 2.19. The first-order valence-electron chi connectivity index (χ1n) is 35.4. The van der Waals surface area contributed by atoms with Gasteiger partial charge in [-0.05, 0) is 103 Å². The third-order valence-electron chi connectivity index (χ3n) is 15.3. The van der Waals surface area contributed by atoms with Gasteiger partial charge >= 0.3 is 17.9 Å². The molecule has 1 atom stereocenters. The Bertz CT molecular complexity index is 1660. The van der Waals surface area contributed by atoms with Gasteiger partial charge in [-0.3, -0.25) is 14.4 Å². The number of carbonyl (C=O) groups is 3. The largest absolute Gasteiger partial charge is 0.462 e. The standard InChI is InChI=1S/C77H132O6/c1-4-7-10-13-16-19-22-25-28-31-33-34-35-36-37-38-39-40-41-42-44-46-49-52-55-58-61-64-67-70-76(79)82-73-74(72-81-75(78)69-66-63-60-57-54-51-48-45-30-27-24-21-18-15-12-9-6-3)83-77(80)71-68-65-62-59-56-53-50-47-43-32-29-26-23-20-17-14-11-8-5-2/h7,9-10,12,16,18-19,21,25,27-28,30,33-34,36-37,48,51,74H,4-6,8,11,13-15,17,20,22-24,26,29,31-32,35,38-47,49-50,52-73H2,1-3H3/b10-7-,12-9-,19-16-,21-18-,28-25-,30-27-,34-33-,37-36-,51-48-. The molecule has 0 radical (unpaired) electrons. The van der Waals surface area contributed by atoms with E-state index in [4.69, 9.17) is 14.2 Å². The van der Waals surface area contributed by atoms with Crippen LogP contribution in [0.3, 0.4) is 0 Å². The summed E-state index contributed by atoms with van der Waals surface area (Å²) in [6.45, 7) is 6.44. The number of unbranched alkanes of at least 4 members (excludes halogenated alkanes) is 35. The summed E-state index contributed by atoms with van der Waals surface area (Å²) in [6, 6.07) is 0. The fourth-order valence-corrected chi connectivity index (χ4v) is 10.1. The maximum absolute atomic E-state index is 13.0. The van der Waals surface area contributed by atoms with Crippen molar-refractivity contribution in [3.8, 4) is 0 Å². The van der Waals surface area contributed by atoms with Crippen LogP contribution in [0.5, 0.6) is 0 Å². The predicted molar refractivity (Wildman–Crippen MR) is 362 cm³/mol. The number of esters is 3. The van der Waals surface area contributed by atoms with Gasteiger partial charge in [0.2, 0.25) is 0 Å². The summed E-state index contributed by atoms with van der Waals surface area (Å²) in [5.41, 5.74) is 0. The van der Waals surface area contributed by atoms with E-state index in [1.807, 2.05) is 0 Å². The Kier molecular flexibility index (Phi) is 67.2. The van der Waals surface area contributed by atoms with Crippen molar-refractivity contribution in [3.63, 3.8) is 0 Å². The van der Waals surface area contributed by atoms with Crippen molar-refractivity contribution < 1.29 is 28.6 Å². The number of ether oxygens (including phenoxy) is 3. The normalized spacial score (nSPS) is 12.8. The Morgan fingerprint density at radius 2 is 0.470 bits per heavy atom. The zero-order valence-corrected chi connectivity index (χ0v) is 54.7. The van der Waals surface area contributed by atoms with Crippen molar-refractivity contribution in [1.82, 2.24) is 0 Å². The Balaban J connectivity index is 4.32. The highest BCUT2D eigenvalue weighted by Crippen LogP contribution is 2.18. The minimum absolute atomic E-state index is 0.0839. The van der Waals surface area contributed by atoms with Gasteiger partial charge in [0.05, 0.1) is 0 Å². The number of hydrogen-bond acceptors (Lipinski definition) is 6. The summed E-state index contributed by atoms with van der Waals surface area (Å²) in [5, 5.41) is 0. The maximum atomic E-state index is 13.0. The van der Waals surface area contributed by atoms with Gasteiger partial charge in [0, 0.05) is 19.3 Å². The summed E-state index contributed by atoms with van der Waals surface area (Å²) in [4.78, 5) is 38.5. The van der Waals surface area contributed by atoms with E-state index >= 15 is 0 Å². The van der Waals surface area contributed by atoms with Gasteiger partial charge in [0.1, 0.15) is 13.2 Å². The van der Waals surface area contributed by atoms with Crippen LogP contribution in [0.15, 0.2) is 109 Å². The molecule has 0 heterocycles. The molecular formula is C77H132O6. The Morgan fingerprint density at radius 1 is 0.253 bits per heavy atom. The highest BCUT2D eigenvalue weighted by atomic mass is 16.6. The first-order valence-corrected chi connectivity index (χ1v) is 35.4. The van der Waals surface area contributed by atoms with Crippen molar-refractivity contribution in [2.24, 2.45) is 0 Å². The fourth-order valence-electron chi connectivity index (χ4n) is 10.1. The average Bonchev–Trinajstić information content (AvgIpc) is 3.49. The minimum Gasteiger partial charge on any atom is -0.462 e. The van der Waals surface area contributed by atoms with E-state index in [2.05, 4.69) is 130 Å². The molecule has 0 aliphatic rings. The smallest absolute Gasteiger partial charge is 0.306 e. The first-order chi connectivity index (χ1) is 41.0. The Morgan fingerprint density at radius 3 is 0.735 bits per heavy atom. The van der Waals surface area contributed by atoms with Gasteiger partial charge in [-0.15, -0.1) is 0 Å². The number of rotatable bonds is 64. The molecule has 0 amide bonds. The summed E-state index contributed by atoms with van der Waals surface area (Å²) in [6.07, 6.45) is 96.8. The number of hydrogen-bond donors (Lipinski definition) is 0. The van der Waals surface area contributed by atoms with Crippen molar-refractivity contribution in [3.05, 3.63) is 109 Å². The van der Waals surface area contributed by atoms with Crippen LogP contribution in [0.1, 0.15) is 342 Å². The van der Waals surface area contributed by atoms with Gasteiger partial charge in [-0.1, -0.05) is 329 Å². The van der Waals surface area contributed by atoms with E-state index in [0.717, 1.165) is 128 Å². The molecule has 6 heteroatoms. The van der Waals surface area contributed by atoms with Gasteiger partial charge in [-0.2, -0.15) is 0 Å². The van der Waals surface area contributed by atoms with Gasteiger partial charge in [-0.25, -0.2) is 0 Å².